The molecule has 4 rings (SSSR count). The van der Waals surface area contributed by atoms with Gasteiger partial charge in [-0.3, -0.25) is 9.69 Å². The second kappa shape index (κ2) is 6.98. The number of hydrogen-bond donors (Lipinski definition) is 0. The quantitative estimate of drug-likeness (QED) is 0.533. The molecule has 0 spiro atoms. The van der Waals surface area contributed by atoms with E-state index in [-0.39, 0.29) is 5.91 Å². The summed E-state index contributed by atoms with van der Waals surface area (Å²) in [7, 11) is 1.66. The number of likely N-dealkylation sites (N-methyl/N-ethyl adjacent to an activating group) is 1. The molecule has 26 heavy (non-hydrogen) atoms. The van der Waals surface area contributed by atoms with Crippen LogP contribution in [0.3, 0.4) is 0 Å². The Kier molecular flexibility index (Phi) is 4.69. The zero-order chi connectivity index (χ0) is 18.3. The minimum Gasteiger partial charge on any atom is -0.497 e. The maximum Gasteiger partial charge on any atom is 0.268 e. The summed E-state index contributed by atoms with van der Waals surface area (Å²) >= 11 is 8.37. The van der Waals surface area contributed by atoms with Crippen molar-refractivity contribution in [3.05, 3.63) is 58.5 Å². The average Bonchev–Trinajstić information content (AvgIpc) is 3.18. The molecule has 1 fully saturated rings. The maximum absolute atomic E-state index is 12.9. The van der Waals surface area contributed by atoms with Gasteiger partial charge in [-0.1, -0.05) is 53.9 Å². The van der Waals surface area contributed by atoms with Crippen LogP contribution in [-0.4, -0.2) is 28.8 Å². The first kappa shape index (κ1) is 17.5. The summed E-state index contributed by atoms with van der Waals surface area (Å²) in [5.74, 6) is 0.762. The number of thiocarbonyl (C=S) groups is 1. The summed E-state index contributed by atoms with van der Waals surface area (Å²) in [5.41, 5.74) is 2.01. The molecule has 1 amide bonds. The van der Waals surface area contributed by atoms with Gasteiger partial charge in [-0.15, -0.1) is 0 Å². The van der Waals surface area contributed by atoms with Crippen molar-refractivity contribution < 1.29 is 9.53 Å². The zero-order valence-electron chi connectivity index (χ0n) is 14.3. The number of thioether (sulfide) groups is 2. The van der Waals surface area contributed by atoms with Crippen molar-refractivity contribution in [1.82, 2.24) is 4.90 Å². The highest BCUT2D eigenvalue weighted by Gasteiger charge is 2.39. The average molecular weight is 401 g/mol. The number of methoxy groups -OCH3 is 1. The van der Waals surface area contributed by atoms with Gasteiger partial charge >= 0.3 is 0 Å². The monoisotopic (exact) mass is 400 g/mol. The SMILES string of the molecule is CCN1C(=O)/C(=C2/Sc3ccc(OC)cc3N2c2ccccc2)SC1=S. The fraction of sp³-hybridized carbons (Fsp3) is 0.158. The highest BCUT2D eigenvalue weighted by atomic mass is 32.2. The Morgan fingerprint density at radius 2 is 1.88 bits per heavy atom. The predicted molar refractivity (Wildman–Crippen MR) is 112 cm³/mol. The Morgan fingerprint density at radius 1 is 1.12 bits per heavy atom. The summed E-state index contributed by atoms with van der Waals surface area (Å²) in [6.07, 6.45) is 0. The summed E-state index contributed by atoms with van der Waals surface area (Å²) < 4.78 is 6.02. The smallest absolute Gasteiger partial charge is 0.268 e. The van der Waals surface area contributed by atoms with Crippen molar-refractivity contribution in [2.24, 2.45) is 0 Å². The topological polar surface area (TPSA) is 32.8 Å². The molecule has 2 aliphatic heterocycles. The van der Waals surface area contributed by atoms with Crippen LogP contribution in [0, 0.1) is 0 Å². The van der Waals surface area contributed by atoms with Crippen molar-refractivity contribution >= 4 is 57.3 Å². The van der Waals surface area contributed by atoms with Gasteiger partial charge in [-0.25, -0.2) is 0 Å². The standard InChI is InChI=1S/C19H16N2O2S3/c1-3-20-17(22)16(26-19(20)24)18-21(12-7-5-4-6-8-12)14-11-13(23-2)9-10-15(14)25-18/h4-11H,3H2,1-2H3/b18-16-. The van der Waals surface area contributed by atoms with Crippen LogP contribution in [0.1, 0.15) is 6.92 Å². The number of carbonyl (C=O) groups is 1. The van der Waals surface area contributed by atoms with Crippen molar-refractivity contribution in [2.75, 3.05) is 18.6 Å². The Morgan fingerprint density at radius 3 is 2.54 bits per heavy atom. The fourth-order valence-corrected chi connectivity index (χ4v) is 5.58. The van der Waals surface area contributed by atoms with Gasteiger partial charge < -0.3 is 9.64 Å². The van der Waals surface area contributed by atoms with E-state index >= 15 is 0 Å². The van der Waals surface area contributed by atoms with E-state index in [1.165, 1.54) is 11.8 Å². The van der Waals surface area contributed by atoms with E-state index in [1.54, 1.807) is 23.8 Å². The largest absolute Gasteiger partial charge is 0.497 e. The Balaban J connectivity index is 1.89. The Hall–Kier alpha value is -1.96. The molecule has 2 aliphatic rings. The third kappa shape index (κ3) is 2.80. The second-order valence-corrected chi connectivity index (χ2v) is 8.33. The van der Waals surface area contributed by atoms with E-state index in [0.29, 0.717) is 15.8 Å². The van der Waals surface area contributed by atoms with Gasteiger partial charge in [0.2, 0.25) is 0 Å². The van der Waals surface area contributed by atoms with Gasteiger partial charge in [-0.05, 0) is 31.2 Å². The summed E-state index contributed by atoms with van der Waals surface area (Å²) in [4.78, 5) is 18.4. The number of carbonyl (C=O) groups excluding carboxylic acids is 1. The minimum atomic E-state index is -0.0225. The molecule has 4 nitrogen and oxygen atoms in total. The molecule has 0 aliphatic carbocycles. The lowest BCUT2D eigenvalue weighted by Gasteiger charge is -2.22. The summed E-state index contributed by atoms with van der Waals surface area (Å²) in [5, 5.41) is 0.896. The number of amides is 1. The highest BCUT2D eigenvalue weighted by molar-refractivity contribution is 8.27. The number of fused-ring (bicyclic) bond motifs is 1. The van der Waals surface area contributed by atoms with Gasteiger partial charge in [0.1, 0.15) is 20.0 Å². The fourth-order valence-electron chi connectivity index (χ4n) is 2.93. The van der Waals surface area contributed by atoms with Crippen LogP contribution < -0.4 is 9.64 Å². The maximum atomic E-state index is 12.9. The first-order valence-corrected chi connectivity index (χ1v) is 10.2. The molecule has 132 valence electrons. The lowest BCUT2D eigenvalue weighted by Crippen LogP contribution is -2.28. The van der Waals surface area contributed by atoms with E-state index in [2.05, 4.69) is 4.90 Å². The van der Waals surface area contributed by atoms with Crippen LogP contribution in [-0.2, 0) is 4.79 Å². The number of para-hydroxylation sites is 1. The molecular weight excluding hydrogens is 384 g/mol. The third-order valence-corrected chi connectivity index (χ3v) is 6.90. The van der Waals surface area contributed by atoms with Crippen LogP contribution >= 0.6 is 35.7 Å². The van der Waals surface area contributed by atoms with Gasteiger partial charge in [0.15, 0.2) is 0 Å². The van der Waals surface area contributed by atoms with Crippen LogP contribution in [0.2, 0.25) is 0 Å². The van der Waals surface area contributed by atoms with Crippen molar-refractivity contribution in [2.45, 2.75) is 11.8 Å². The van der Waals surface area contributed by atoms with E-state index in [4.69, 9.17) is 17.0 Å². The molecule has 0 aromatic heterocycles. The van der Waals surface area contributed by atoms with Gasteiger partial charge in [-0.2, -0.15) is 0 Å². The molecule has 1 saturated heterocycles. The summed E-state index contributed by atoms with van der Waals surface area (Å²) in [6, 6.07) is 16.0. The molecule has 0 bridgehead atoms. The molecule has 2 aromatic carbocycles. The Bertz CT molecular complexity index is 928. The number of hydrogen-bond acceptors (Lipinski definition) is 6. The number of rotatable bonds is 3. The highest BCUT2D eigenvalue weighted by Crippen LogP contribution is 2.54. The van der Waals surface area contributed by atoms with Crippen molar-refractivity contribution in [3.8, 4) is 5.75 Å². The third-order valence-electron chi connectivity index (χ3n) is 4.19. The van der Waals surface area contributed by atoms with Gasteiger partial charge in [0.25, 0.3) is 5.91 Å². The molecule has 7 heteroatoms. The van der Waals surface area contributed by atoms with E-state index in [0.717, 1.165) is 27.0 Å². The first-order chi connectivity index (χ1) is 12.6. The number of ether oxygens (including phenoxy) is 1. The molecule has 0 saturated carbocycles. The predicted octanol–water partition coefficient (Wildman–Crippen LogP) is 4.99. The molecule has 0 radical (unpaired) electrons. The minimum absolute atomic E-state index is 0.0225. The second-order valence-electron chi connectivity index (χ2n) is 5.66. The van der Waals surface area contributed by atoms with E-state index in [1.807, 2.05) is 55.5 Å². The molecule has 0 N–H and O–H groups in total. The van der Waals surface area contributed by atoms with Crippen molar-refractivity contribution in [3.63, 3.8) is 0 Å². The molecule has 2 aromatic rings. The normalized spacial score (nSPS) is 19.3. The number of nitrogens with zero attached hydrogens (tertiary/aromatic N) is 2. The van der Waals surface area contributed by atoms with E-state index < -0.39 is 0 Å². The van der Waals surface area contributed by atoms with Crippen molar-refractivity contribution in [1.29, 1.82) is 0 Å². The van der Waals surface area contributed by atoms with Gasteiger partial charge in [0.05, 0.1) is 12.8 Å². The molecule has 0 atom stereocenters. The molecular formula is C19H16N2O2S3. The Labute approximate surface area is 166 Å². The first-order valence-electron chi connectivity index (χ1n) is 8.13. The lowest BCUT2D eigenvalue weighted by atomic mass is 10.2. The van der Waals surface area contributed by atoms with Crippen LogP contribution in [0.4, 0.5) is 11.4 Å². The molecule has 0 unspecified atom stereocenters. The number of benzene rings is 2. The van der Waals surface area contributed by atoms with Crippen LogP contribution in [0.25, 0.3) is 0 Å². The van der Waals surface area contributed by atoms with Gasteiger partial charge in [0, 0.05) is 23.2 Å². The molecule has 2 heterocycles. The summed E-state index contributed by atoms with van der Waals surface area (Å²) in [6.45, 7) is 2.52. The lowest BCUT2D eigenvalue weighted by molar-refractivity contribution is -0.122. The van der Waals surface area contributed by atoms with Crippen LogP contribution in [0.5, 0.6) is 5.75 Å². The number of anilines is 2. The van der Waals surface area contributed by atoms with Crippen LogP contribution in [0.15, 0.2) is 63.4 Å². The zero-order valence-corrected chi connectivity index (χ0v) is 16.7. The van der Waals surface area contributed by atoms with E-state index in [9.17, 15) is 4.79 Å².